The van der Waals surface area contributed by atoms with Crippen molar-refractivity contribution in [3.63, 3.8) is 0 Å². The van der Waals surface area contributed by atoms with Gasteiger partial charge in [-0.1, -0.05) is 18.5 Å². The van der Waals surface area contributed by atoms with Crippen LogP contribution in [0.2, 0.25) is 5.02 Å². The van der Waals surface area contributed by atoms with Crippen molar-refractivity contribution in [2.24, 2.45) is 7.05 Å². The molecule has 0 saturated heterocycles. The van der Waals surface area contributed by atoms with Crippen molar-refractivity contribution >= 4 is 44.7 Å². The molecule has 102 valence electrons. The van der Waals surface area contributed by atoms with Gasteiger partial charge in [0.25, 0.3) is 0 Å². The summed E-state index contributed by atoms with van der Waals surface area (Å²) in [6.07, 6.45) is 0.803. The number of nitrogens with one attached hydrogen (secondary N) is 1. The number of hydrogen-bond acceptors (Lipinski definition) is 3. The van der Waals surface area contributed by atoms with Crippen LogP contribution in [0.15, 0.2) is 16.6 Å². The van der Waals surface area contributed by atoms with Gasteiger partial charge in [-0.15, -0.1) is 0 Å². The van der Waals surface area contributed by atoms with Crippen LogP contribution in [-0.4, -0.2) is 9.78 Å². The molecule has 4 nitrogen and oxygen atoms in total. The van der Waals surface area contributed by atoms with Crippen molar-refractivity contribution in [1.82, 2.24) is 9.78 Å². The second-order valence-corrected chi connectivity index (χ2v) is 5.65. The zero-order valence-electron chi connectivity index (χ0n) is 11.1. The van der Waals surface area contributed by atoms with Gasteiger partial charge >= 0.3 is 0 Å². The van der Waals surface area contributed by atoms with Gasteiger partial charge in [-0.3, -0.25) is 4.68 Å². The number of benzene rings is 1. The van der Waals surface area contributed by atoms with Gasteiger partial charge in [0.1, 0.15) is 0 Å². The van der Waals surface area contributed by atoms with E-state index in [1.54, 1.807) is 4.68 Å². The molecule has 19 heavy (non-hydrogen) atoms. The van der Waals surface area contributed by atoms with E-state index in [2.05, 4.69) is 26.3 Å². The lowest BCUT2D eigenvalue weighted by Gasteiger charge is -2.11. The van der Waals surface area contributed by atoms with Gasteiger partial charge in [0.05, 0.1) is 17.1 Å². The fourth-order valence-electron chi connectivity index (χ4n) is 1.87. The van der Waals surface area contributed by atoms with Gasteiger partial charge in [-0.2, -0.15) is 5.10 Å². The molecule has 0 radical (unpaired) electrons. The van der Waals surface area contributed by atoms with E-state index in [0.29, 0.717) is 10.7 Å². The van der Waals surface area contributed by atoms with Gasteiger partial charge in [-0.25, -0.2) is 0 Å². The molecule has 0 aliphatic heterocycles. The second kappa shape index (κ2) is 5.43. The lowest BCUT2D eigenvalue weighted by atomic mass is 10.2. The zero-order valence-corrected chi connectivity index (χ0v) is 13.4. The number of nitrogen functional groups attached to an aromatic ring is 1. The number of anilines is 3. The van der Waals surface area contributed by atoms with Crippen LogP contribution in [0.1, 0.15) is 18.2 Å². The molecule has 0 aliphatic rings. The molecular formula is C13H16BrClN4. The number of nitrogens with zero attached hydrogens (tertiary/aromatic N) is 2. The summed E-state index contributed by atoms with van der Waals surface area (Å²) < 4.78 is 2.68. The highest BCUT2D eigenvalue weighted by Crippen LogP contribution is 2.33. The number of hydrogen-bond donors (Lipinski definition) is 2. The lowest BCUT2D eigenvalue weighted by molar-refractivity contribution is 0.753. The van der Waals surface area contributed by atoms with Crippen LogP contribution < -0.4 is 11.1 Å². The number of halogens is 2. The third-order valence-corrected chi connectivity index (χ3v) is 4.06. The Morgan fingerprint density at radius 3 is 2.74 bits per heavy atom. The summed E-state index contributed by atoms with van der Waals surface area (Å²) in [6, 6.07) is 3.84. The van der Waals surface area contributed by atoms with Crippen molar-refractivity contribution in [3.8, 4) is 0 Å². The SMILES string of the molecule is CCc1nn(C)c(Nc2cc(Cl)c(C)cc2Br)c1N. The molecule has 2 rings (SSSR count). The first kappa shape index (κ1) is 14.2. The first-order chi connectivity index (χ1) is 8.93. The molecule has 0 amide bonds. The lowest BCUT2D eigenvalue weighted by Crippen LogP contribution is -2.02. The molecule has 2 aromatic rings. The van der Waals surface area contributed by atoms with Crippen LogP contribution in [0.3, 0.4) is 0 Å². The van der Waals surface area contributed by atoms with Crippen molar-refractivity contribution < 1.29 is 0 Å². The van der Waals surface area contributed by atoms with Gasteiger partial charge in [0.2, 0.25) is 0 Å². The molecule has 1 aromatic heterocycles. The normalized spacial score (nSPS) is 10.8. The summed E-state index contributed by atoms with van der Waals surface area (Å²) in [5.74, 6) is 0.775. The van der Waals surface area contributed by atoms with E-state index in [1.807, 2.05) is 33.0 Å². The Balaban J connectivity index is 2.42. The Kier molecular flexibility index (Phi) is 4.06. The van der Waals surface area contributed by atoms with E-state index in [-0.39, 0.29) is 0 Å². The Morgan fingerprint density at radius 2 is 2.16 bits per heavy atom. The van der Waals surface area contributed by atoms with Crippen LogP contribution in [0.4, 0.5) is 17.2 Å². The summed E-state index contributed by atoms with van der Waals surface area (Å²) >= 11 is 9.67. The van der Waals surface area contributed by atoms with Crippen molar-refractivity contribution in [2.75, 3.05) is 11.1 Å². The monoisotopic (exact) mass is 342 g/mol. The Labute approximate surface area is 126 Å². The van der Waals surface area contributed by atoms with Crippen LogP contribution in [0.25, 0.3) is 0 Å². The number of aromatic nitrogens is 2. The van der Waals surface area contributed by atoms with Crippen LogP contribution >= 0.6 is 27.5 Å². The highest BCUT2D eigenvalue weighted by molar-refractivity contribution is 9.10. The van der Waals surface area contributed by atoms with Crippen LogP contribution in [0.5, 0.6) is 0 Å². The zero-order chi connectivity index (χ0) is 14.2. The van der Waals surface area contributed by atoms with Crippen molar-refractivity contribution in [3.05, 3.63) is 32.9 Å². The molecule has 0 atom stereocenters. The smallest absolute Gasteiger partial charge is 0.152 e. The average molecular weight is 344 g/mol. The summed E-state index contributed by atoms with van der Waals surface area (Å²) in [7, 11) is 1.86. The van der Waals surface area contributed by atoms with Gasteiger partial charge in [0.15, 0.2) is 5.82 Å². The van der Waals surface area contributed by atoms with E-state index in [1.165, 1.54) is 0 Å². The van der Waals surface area contributed by atoms with Crippen LogP contribution in [0, 0.1) is 6.92 Å². The van der Waals surface area contributed by atoms with E-state index >= 15 is 0 Å². The largest absolute Gasteiger partial charge is 0.394 e. The molecule has 0 bridgehead atoms. The summed E-state index contributed by atoms with van der Waals surface area (Å²) in [5.41, 5.74) is 9.54. The molecule has 0 aliphatic carbocycles. The van der Waals surface area contributed by atoms with E-state index < -0.39 is 0 Å². The fraction of sp³-hybridized carbons (Fsp3) is 0.308. The molecule has 1 aromatic carbocycles. The fourth-order valence-corrected chi connectivity index (χ4v) is 2.60. The molecule has 6 heteroatoms. The van der Waals surface area contributed by atoms with Gasteiger partial charge in [0, 0.05) is 16.5 Å². The molecule has 3 N–H and O–H groups in total. The minimum absolute atomic E-state index is 0.675. The Bertz CT molecular complexity index is 622. The van der Waals surface area contributed by atoms with Crippen molar-refractivity contribution in [2.45, 2.75) is 20.3 Å². The highest BCUT2D eigenvalue weighted by atomic mass is 79.9. The van der Waals surface area contributed by atoms with E-state index in [0.717, 1.165) is 33.7 Å². The van der Waals surface area contributed by atoms with E-state index in [4.69, 9.17) is 17.3 Å². The maximum atomic E-state index is 6.15. The Hall–Kier alpha value is -1.20. The first-order valence-electron chi connectivity index (χ1n) is 5.98. The number of aryl methyl sites for hydroxylation is 3. The second-order valence-electron chi connectivity index (χ2n) is 4.39. The standard InChI is InChI=1S/C13H16BrClN4/c1-4-10-12(16)13(19(3)18-10)17-11-6-9(15)7(2)5-8(11)14/h5-6,17H,4,16H2,1-3H3. The van der Waals surface area contributed by atoms with Gasteiger partial charge in [-0.05, 0) is 47.0 Å². The van der Waals surface area contributed by atoms with Crippen LogP contribution in [-0.2, 0) is 13.5 Å². The molecule has 0 fully saturated rings. The Morgan fingerprint density at radius 1 is 1.47 bits per heavy atom. The van der Waals surface area contributed by atoms with Crippen molar-refractivity contribution in [1.29, 1.82) is 0 Å². The maximum absolute atomic E-state index is 6.15. The molecule has 0 spiro atoms. The third kappa shape index (κ3) is 2.72. The van der Waals surface area contributed by atoms with Gasteiger partial charge < -0.3 is 11.1 Å². The molecule has 0 unspecified atom stereocenters. The molecular weight excluding hydrogens is 328 g/mol. The molecule has 0 saturated carbocycles. The highest BCUT2D eigenvalue weighted by Gasteiger charge is 2.13. The quantitative estimate of drug-likeness (QED) is 0.884. The summed E-state index contributed by atoms with van der Waals surface area (Å²) in [4.78, 5) is 0. The number of rotatable bonds is 3. The average Bonchev–Trinajstić information content (AvgIpc) is 2.63. The minimum Gasteiger partial charge on any atom is -0.394 e. The number of nitrogens with two attached hydrogens (primary N) is 1. The maximum Gasteiger partial charge on any atom is 0.152 e. The minimum atomic E-state index is 0.675. The summed E-state index contributed by atoms with van der Waals surface area (Å²) in [5, 5.41) is 8.36. The third-order valence-electron chi connectivity index (χ3n) is 3.00. The predicted molar refractivity (Wildman–Crippen MR) is 84.2 cm³/mol. The molecule has 1 heterocycles. The predicted octanol–water partition coefficient (Wildman–Crippen LogP) is 4.03. The first-order valence-corrected chi connectivity index (χ1v) is 7.15. The van der Waals surface area contributed by atoms with E-state index in [9.17, 15) is 0 Å². The topological polar surface area (TPSA) is 55.9 Å². The summed E-state index contributed by atoms with van der Waals surface area (Å²) in [6.45, 7) is 3.99.